The van der Waals surface area contributed by atoms with Crippen LogP contribution in [0.3, 0.4) is 0 Å². The average molecular weight is 248 g/mol. The molecule has 0 aromatic carbocycles. The van der Waals surface area contributed by atoms with E-state index in [4.69, 9.17) is 19.7 Å². The van der Waals surface area contributed by atoms with E-state index in [9.17, 15) is 14.4 Å². The summed E-state index contributed by atoms with van der Waals surface area (Å²) in [6, 6.07) is 0. The van der Waals surface area contributed by atoms with Crippen molar-refractivity contribution < 1.29 is 38.8 Å². The number of esters is 1. The maximum atomic E-state index is 11.2. The highest BCUT2D eigenvalue weighted by molar-refractivity contribution is 5.98. The Morgan fingerprint density at radius 1 is 1.24 bits per heavy atom. The Bertz CT molecular complexity index is 312. The summed E-state index contributed by atoms with van der Waals surface area (Å²) in [6.45, 7) is 0.396. The van der Waals surface area contributed by atoms with Crippen LogP contribution in [0.15, 0.2) is 0 Å². The zero-order valence-electron chi connectivity index (χ0n) is 9.04. The van der Waals surface area contributed by atoms with Gasteiger partial charge in [0.15, 0.2) is 0 Å². The fraction of sp³-hybridized carbons (Fsp3) is 0.667. The van der Waals surface area contributed by atoms with Crippen LogP contribution in [-0.4, -0.2) is 54.2 Å². The predicted octanol–water partition coefficient (Wildman–Crippen LogP) is -0.922. The molecule has 2 N–H and O–H groups in total. The maximum absolute atomic E-state index is 11.2. The van der Waals surface area contributed by atoms with Gasteiger partial charge in [0.05, 0.1) is 19.8 Å². The second-order valence-electron chi connectivity index (χ2n) is 3.40. The molecule has 1 aliphatic heterocycles. The summed E-state index contributed by atoms with van der Waals surface area (Å²) in [4.78, 5) is 32.9. The third-order valence-electron chi connectivity index (χ3n) is 2.26. The summed E-state index contributed by atoms with van der Waals surface area (Å²) in [5, 5.41) is 17.7. The van der Waals surface area contributed by atoms with E-state index >= 15 is 0 Å². The SMILES string of the molecule is CCOC(=O)C1OCC(C(=O)O)(C(=O)O)CO1. The van der Waals surface area contributed by atoms with Crippen LogP contribution in [0.25, 0.3) is 0 Å². The first-order valence-corrected chi connectivity index (χ1v) is 4.80. The molecule has 8 heteroatoms. The van der Waals surface area contributed by atoms with E-state index in [1.54, 1.807) is 6.92 Å². The predicted molar refractivity (Wildman–Crippen MR) is 50.0 cm³/mol. The second-order valence-corrected chi connectivity index (χ2v) is 3.40. The van der Waals surface area contributed by atoms with Crippen LogP contribution in [-0.2, 0) is 28.6 Å². The normalized spacial score (nSPS) is 19.6. The number of carbonyl (C=O) groups excluding carboxylic acids is 1. The van der Waals surface area contributed by atoms with Crippen molar-refractivity contribution in [2.24, 2.45) is 5.41 Å². The molecule has 1 aliphatic rings. The van der Waals surface area contributed by atoms with Gasteiger partial charge in [0.1, 0.15) is 0 Å². The van der Waals surface area contributed by atoms with Crippen LogP contribution in [0.5, 0.6) is 0 Å². The molecule has 0 radical (unpaired) electrons. The number of rotatable bonds is 4. The second kappa shape index (κ2) is 5.11. The van der Waals surface area contributed by atoms with E-state index in [1.165, 1.54) is 0 Å². The number of hydrogen-bond acceptors (Lipinski definition) is 6. The molecule has 17 heavy (non-hydrogen) atoms. The molecule has 0 amide bonds. The zero-order chi connectivity index (χ0) is 13.1. The number of carboxylic acid groups (broad SMARTS) is 2. The van der Waals surface area contributed by atoms with Gasteiger partial charge in [0.25, 0.3) is 6.29 Å². The van der Waals surface area contributed by atoms with Gasteiger partial charge in [0.2, 0.25) is 5.41 Å². The number of aliphatic carboxylic acids is 2. The van der Waals surface area contributed by atoms with Gasteiger partial charge in [0, 0.05) is 0 Å². The van der Waals surface area contributed by atoms with Gasteiger partial charge in [-0.05, 0) is 6.92 Å². The molecule has 0 saturated carbocycles. The van der Waals surface area contributed by atoms with Gasteiger partial charge in [-0.2, -0.15) is 0 Å². The molecular formula is C9H12O8. The third kappa shape index (κ3) is 2.53. The summed E-state index contributed by atoms with van der Waals surface area (Å²) in [6.07, 6.45) is -1.37. The van der Waals surface area contributed by atoms with Gasteiger partial charge >= 0.3 is 17.9 Å². The van der Waals surface area contributed by atoms with E-state index in [2.05, 4.69) is 4.74 Å². The molecule has 1 saturated heterocycles. The van der Waals surface area contributed by atoms with Gasteiger partial charge in [-0.15, -0.1) is 0 Å². The molecule has 0 spiro atoms. The van der Waals surface area contributed by atoms with Crippen LogP contribution >= 0.6 is 0 Å². The molecule has 8 nitrogen and oxygen atoms in total. The lowest BCUT2D eigenvalue weighted by molar-refractivity contribution is -0.243. The minimum atomic E-state index is -2.18. The lowest BCUT2D eigenvalue weighted by atomic mass is 9.90. The van der Waals surface area contributed by atoms with Gasteiger partial charge < -0.3 is 24.4 Å². The molecule has 1 fully saturated rings. The highest BCUT2D eigenvalue weighted by atomic mass is 16.7. The molecule has 0 bridgehead atoms. The van der Waals surface area contributed by atoms with E-state index in [1.807, 2.05) is 0 Å². The van der Waals surface area contributed by atoms with Crippen molar-refractivity contribution >= 4 is 17.9 Å². The zero-order valence-corrected chi connectivity index (χ0v) is 9.04. The van der Waals surface area contributed by atoms with Crippen molar-refractivity contribution in [3.05, 3.63) is 0 Å². The number of carbonyl (C=O) groups is 3. The molecule has 0 aliphatic carbocycles. The lowest BCUT2D eigenvalue weighted by Gasteiger charge is -2.32. The van der Waals surface area contributed by atoms with Crippen LogP contribution in [0.1, 0.15) is 6.92 Å². The molecule has 0 aromatic rings. The Kier molecular flexibility index (Phi) is 4.02. The molecule has 1 rings (SSSR count). The minimum Gasteiger partial charge on any atom is -0.480 e. The first-order valence-electron chi connectivity index (χ1n) is 4.80. The number of hydrogen-bond donors (Lipinski definition) is 2. The van der Waals surface area contributed by atoms with Crippen LogP contribution in [0.2, 0.25) is 0 Å². The smallest absolute Gasteiger partial charge is 0.363 e. The lowest BCUT2D eigenvalue weighted by Crippen LogP contribution is -2.54. The van der Waals surface area contributed by atoms with Crippen molar-refractivity contribution in [1.29, 1.82) is 0 Å². The first-order chi connectivity index (χ1) is 7.94. The molecule has 0 atom stereocenters. The fourth-order valence-electron chi connectivity index (χ4n) is 1.21. The van der Waals surface area contributed by atoms with E-state index in [0.29, 0.717) is 0 Å². The molecule has 0 aromatic heterocycles. The maximum Gasteiger partial charge on any atom is 0.363 e. The van der Waals surface area contributed by atoms with E-state index in [-0.39, 0.29) is 6.61 Å². The number of ether oxygens (including phenoxy) is 3. The quantitative estimate of drug-likeness (QED) is 0.484. The Balaban J connectivity index is 2.68. The van der Waals surface area contributed by atoms with Gasteiger partial charge in [-0.1, -0.05) is 0 Å². The Labute approximate surface area is 96.1 Å². The van der Waals surface area contributed by atoms with Crippen molar-refractivity contribution in [1.82, 2.24) is 0 Å². The van der Waals surface area contributed by atoms with Crippen molar-refractivity contribution in [3.63, 3.8) is 0 Å². The molecular weight excluding hydrogens is 236 g/mol. The van der Waals surface area contributed by atoms with Crippen LogP contribution < -0.4 is 0 Å². The van der Waals surface area contributed by atoms with Crippen molar-refractivity contribution in [2.75, 3.05) is 19.8 Å². The third-order valence-corrected chi connectivity index (χ3v) is 2.26. The molecule has 0 unspecified atom stereocenters. The van der Waals surface area contributed by atoms with Gasteiger partial charge in [-0.3, -0.25) is 9.59 Å². The summed E-state index contributed by atoms with van der Waals surface area (Å²) in [5.41, 5.74) is -2.18. The summed E-state index contributed by atoms with van der Waals surface area (Å²) >= 11 is 0. The monoisotopic (exact) mass is 248 g/mol. The van der Waals surface area contributed by atoms with Crippen LogP contribution in [0, 0.1) is 5.41 Å². The van der Waals surface area contributed by atoms with Crippen LogP contribution in [0.4, 0.5) is 0 Å². The highest BCUT2D eigenvalue weighted by Crippen LogP contribution is 2.26. The Morgan fingerprint density at radius 3 is 2.06 bits per heavy atom. The Hall–Kier alpha value is -1.67. The largest absolute Gasteiger partial charge is 0.480 e. The topological polar surface area (TPSA) is 119 Å². The van der Waals surface area contributed by atoms with E-state index in [0.717, 1.165) is 0 Å². The standard InChI is InChI=1S/C9H12O8/c1-2-15-5(10)6-16-3-9(4-17-6,7(11)12)8(13)14/h6H,2-4H2,1H3,(H,11,12)(H,13,14). The van der Waals surface area contributed by atoms with Crippen molar-refractivity contribution in [2.45, 2.75) is 13.2 Å². The highest BCUT2D eigenvalue weighted by Gasteiger charge is 2.52. The summed E-state index contributed by atoms with van der Waals surface area (Å²) < 4.78 is 14.1. The Morgan fingerprint density at radius 2 is 1.71 bits per heavy atom. The fourth-order valence-corrected chi connectivity index (χ4v) is 1.21. The summed E-state index contributed by atoms with van der Waals surface area (Å²) in [7, 11) is 0. The minimum absolute atomic E-state index is 0.116. The summed E-state index contributed by atoms with van der Waals surface area (Å²) in [5.74, 6) is -3.96. The van der Waals surface area contributed by atoms with E-state index < -0.39 is 42.8 Å². The van der Waals surface area contributed by atoms with Gasteiger partial charge in [-0.25, -0.2) is 4.79 Å². The van der Waals surface area contributed by atoms with Crippen molar-refractivity contribution in [3.8, 4) is 0 Å². The first kappa shape index (κ1) is 13.4. The number of carboxylic acids is 2. The average Bonchev–Trinajstić information content (AvgIpc) is 2.28. The molecule has 1 heterocycles. The molecule has 96 valence electrons.